The Morgan fingerprint density at radius 3 is 2.65 bits per heavy atom. The van der Waals surface area contributed by atoms with E-state index in [0.717, 1.165) is 11.1 Å². The summed E-state index contributed by atoms with van der Waals surface area (Å²) >= 11 is 0. The smallest absolute Gasteiger partial charge is 0.161 e. The number of hydrogen-bond acceptors (Lipinski definition) is 1. The lowest BCUT2D eigenvalue weighted by Crippen LogP contribution is -2.41. The van der Waals surface area contributed by atoms with Crippen LogP contribution >= 0.6 is 0 Å². The lowest BCUT2D eigenvalue weighted by molar-refractivity contribution is 0.0566. The molecule has 2 unspecified atom stereocenters. The molecular formula is C16H10O. The summed E-state index contributed by atoms with van der Waals surface area (Å²) in [5.41, 5.74) is 4.59. The maximum absolute atomic E-state index is 10.6. The predicted octanol–water partition coefficient (Wildman–Crippen LogP) is 2.63. The van der Waals surface area contributed by atoms with Crippen molar-refractivity contribution in [1.29, 1.82) is 0 Å². The Bertz CT molecular complexity index is 693. The van der Waals surface area contributed by atoms with E-state index in [4.69, 9.17) is 6.42 Å². The van der Waals surface area contributed by atoms with Gasteiger partial charge in [0.25, 0.3) is 0 Å². The van der Waals surface area contributed by atoms with Crippen LogP contribution in [-0.2, 0) is 5.60 Å². The molecule has 1 nitrogen and oxygen atoms in total. The summed E-state index contributed by atoms with van der Waals surface area (Å²) in [7, 11) is 0. The second-order valence-electron chi connectivity index (χ2n) is 4.70. The van der Waals surface area contributed by atoms with Gasteiger partial charge in [-0.25, -0.2) is 0 Å². The van der Waals surface area contributed by atoms with Crippen LogP contribution in [-0.4, -0.2) is 5.11 Å². The highest BCUT2D eigenvalue weighted by molar-refractivity contribution is 5.85. The molecule has 1 heteroatoms. The molecule has 0 radical (unpaired) electrons. The fraction of sp³-hybridized carbons (Fsp3) is 0.125. The van der Waals surface area contributed by atoms with Gasteiger partial charge in [-0.2, -0.15) is 0 Å². The van der Waals surface area contributed by atoms with E-state index in [9.17, 15) is 5.11 Å². The summed E-state index contributed by atoms with van der Waals surface area (Å²) in [4.78, 5) is 0. The molecule has 80 valence electrons. The second kappa shape index (κ2) is 2.61. The van der Waals surface area contributed by atoms with E-state index in [1.165, 1.54) is 16.7 Å². The summed E-state index contributed by atoms with van der Waals surface area (Å²) < 4.78 is 0. The van der Waals surface area contributed by atoms with Crippen molar-refractivity contribution < 1.29 is 5.11 Å². The largest absolute Gasteiger partial charge is 0.372 e. The van der Waals surface area contributed by atoms with Crippen LogP contribution in [0.15, 0.2) is 42.5 Å². The van der Waals surface area contributed by atoms with Gasteiger partial charge in [-0.15, -0.1) is 6.42 Å². The normalized spacial score (nSPS) is 26.7. The van der Waals surface area contributed by atoms with E-state index in [2.05, 4.69) is 24.1 Å². The van der Waals surface area contributed by atoms with Gasteiger partial charge in [0.1, 0.15) is 0 Å². The average Bonchev–Trinajstić information content (AvgIpc) is 2.71. The number of aliphatic hydroxyl groups is 1. The maximum atomic E-state index is 10.6. The molecule has 4 rings (SSSR count). The summed E-state index contributed by atoms with van der Waals surface area (Å²) in [6.45, 7) is 0. The first kappa shape index (κ1) is 9.04. The monoisotopic (exact) mass is 218 g/mol. The van der Waals surface area contributed by atoms with Crippen molar-refractivity contribution in [3.05, 3.63) is 59.2 Å². The molecule has 0 saturated heterocycles. The Hall–Kier alpha value is -2.04. The van der Waals surface area contributed by atoms with Crippen LogP contribution in [0.4, 0.5) is 0 Å². The van der Waals surface area contributed by atoms with Gasteiger partial charge in [0.05, 0.1) is 5.92 Å². The molecule has 17 heavy (non-hydrogen) atoms. The molecule has 2 aliphatic rings. The quantitative estimate of drug-likeness (QED) is 0.674. The van der Waals surface area contributed by atoms with Gasteiger partial charge in [0.2, 0.25) is 0 Å². The van der Waals surface area contributed by atoms with Crippen molar-refractivity contribution in [1.82, 2.24) is 0 Å². The third-order valence-electron chi connectivity index (χ3n) is 4.01. The molecule has 0 saturated carbocycles. The van der Waals surface area contributed by atoms with E-state index in [0.29, 0.717) is 0 Å². The highest BCUT2D eigenvalue weighted by Crippen LogP contribution is 2.62. The third-order valence-corrected chi connectivity index (χ3v) is 4.01. The van der Waals surface area contributed by atoms with Gasteiger partial charge < -0.3 is 5.11 Å². The Kier molecular flexibility index (Phi) is 1.39. The standard InChI is InChI=1S/C16H10O/c1-2-16(17)13-9-5-8-11-10-6-3-4-7-12(10)15(16)14(11)13/h1,3-9,15,17H. The van der Waals surface area contributed by atoms with Crippen LogP contribution in [0.25, 0.3) is 11.1 Å². The van der Waals surface area contributed by atoms with Crippen molar-refractivity contribution in [2.45, 2.75) is 11.5 Å². The van der Waals surface area contributed by atoms with Crippen LogP contribution in [0.3, 0.4) is 0 Å². The minimum atomic E-state index is -1.11. The fourth-order valence-corrected chi connectivity index (χ4v) is 3.27. The SMILES string of the molecule is C#CC1(O)c2cccc3c2C1c1ccccc1-3. The second-order valence-corrected chi connectivity index (χ2v) is 4.70. The highest BCUT2D eigenvalue weighted by Gasteiger charge is 2.55. The zero-order chi connectivity index (χ0) is 11.6. The number of benzene rings is 2. The van der Waals surface area contributed by atoms with Crippen LogP contribution in [0, 0.1) is 12.3 Å². The first-order chi connectivity index (χ1) is 8.27. The summed E-state index contributed by atoms with van der Waals surface area (Å²) in [6, 6.07) is 14.2. The molecule has 2 aromatic rings. The molecule has 0 fully saturated rings. The van der Waals surface area contributed by atoms with E-state index in [1.807, 2.05) is 24.3 Å². The van der Waals surface area contributed by atoms with Gasteiger partial charge in [-0.3, -0.25) is 0 Å². The summed E-state index contributed by atoms with van der Waals surface area (Å²) in [5, 5.41) is 10.6. The van der Waals surface area contributed by atoms with Crippen molar-refractivity contribution in [3.63, 3.8) is 0 Å². The topological polar surface area (TPSA) is 20.2 Å². The number of fused-ring (bicyclic) bond motifs is 3. The molecule has 2 aliphatic carbocycles. The Labute approximate surface area is 99.7 Å². The van der Waals surface area contributed by atoms with Crippen molar-refractivity contribution in [2.24, 2.45) is 0 Å². The van der Waals surface area contributed by atoms with Gasteiger partial charge in [0.15, 0.2) is 5.60 Å². The van der Waals surface area contributed by atoms with Crippen molar-refractivity contribution in [2.75, 3.05) is 0 Å². The van der Waals surface area contributed by atoms with E-state index < -0.39 is 5.60 Å². The van der Waals surface area contributed by atoms with Crippen molar-refractivity contribution in [3.8, 4) is 23.5 Å². The summed E-state index contributed by atoms with van der Waals surface area (Å²) in [5.74, 6) is 2.53. The van der Waals surface area contributed by atoms with E-state index in [1.54, 1.807) is 0 Å². The number of terminal acetylenes is 1. The molecular weight excluding hydrogens is 208 g/mol. The molecule has 0 spiro atoms. The van der Waals surface area contributed by atoms with E-state index in [-0.39, 0.29) is 5.92 Å². The molecule has 2 atom stereocenters. The lowest BCUT2D eigenvalue weighted by atomic mass is 9.64. The lowest BCUT2D eigenvalue weighted by Gasteiger charge is -2.42. The number of rotatable bonds is 0. The zero-order valence-corrected chi connectivity index (χ0v) is 9.14. The Balaban J connectivity index is 2.15. The Morgan fingerprint density at radius 1 is 1.06 bits per heavy atom. The Morgan fingerprint density at radius 2 is 1.82 bits per heavy atom. The van der Waals surface area contributed by atoms with Crippen molar-refractivity contribution >= 4 is 0 Å². The molecule has 2 aromatic carbocycles. The molecule has 0 amide bonds. The molecule has 0 heterocycles. The minimum Gasteiger partial charge on any atom is -0.372 e. The third kappa shape index (κ3) is 0.800. The highest BCUT2D eigenvalue weighted by atomic mass is 16.3. The molecule has 0 bridgehead atoms. The molecule has 0 aromatic heterocycles. The maximum Gasteiger partial charge on any atom is 0.161 e. The van der Waals surface area contributed by atoms with E-state index >= 15 is 0 Å². The fourth-order valence-electron chi connectivity index (χ4n) is 3.27. The van der Waals surface area contributed by atoms with Gasteiger partial charge in [-0.1, -0.05) is 48.4 Å². The van der Waals surface area contributed by atoms with Gasteiger partial charge >= 0.3 is 0 Å². The van der Waals surface area contributed by atoms with Crippen LogP contribution < -0.4 is 0 Å². The van der Waals surface area contributed by atoms with Gasteiger partial charge in [0, 0.05) is 5.56 Å². The predicted molar refractivity (Wildman–Crippen MR) is 66.5 cm³/mol. The average molecular weight is 218 g/mol. The minimum absolute atomic E-state index is 0.0325. The molecule has 0 aliphatic heterocycles. The molecule has 1 N–H and O–H groups in total. The van der Waals surface area contributed by atoms with Crippen LogP contribution in [0.2, 0.25) is 0 Å². The van der Waals surface area contributed by atoms with Crippen LogP contribution in [0.5, 0.6) is 0 Å². The first-order valence-electron chi connectivity index (χ1n) is 5.70. The van der Waals surface area contributed by atoms with Gasteiger partial charge in [-0.05, 0) is 22.3 Å². The zero-order valence-electron chi connectivity index (χ0n) is 9.14. The van der Waals surface area contributed by atoms with Crippen LogP contribution in [0.1, 0.15) is 22.6 Å². The summed E-state index contributed by atoms with van der Waals surface area (Å²) in [6.07, 6.45) is 5.53. The number of hydrogen-bond donors (Lipinski definition) is 1. The first-order valence-corrected chi connectivity index (χ1v) is 5.70.